The molecule has 1 saturated carbocycles. The second kappa shape index (κ2) is 5.94. The summed E-state index contributed by atoms with van der Waals surface area (Å²) in [5, 5.41) is 9.77. The number of ether oxygens (including phenoxy) is 1. The lowest BCUT2D eigenvalue weighted by Crippen LogP contribution is -2.56. The Morgan fingerprint density at radius 2 is 1.89 bits per heavy atom. The van der Waals surface area contributed by atoms with Crippen LogP contribution < -0.4 is 0 Å². The van der Waals surface area contributed by atoms with Crippen LogP contribution in [-0.2, 0) is 9.53 Å². The predicted molar refractivity (Wildman–Crippen MR) is 63.3 cm³/mol. The number of halogens is 3. The highest BCUT2D eigenvalue weighted by Crippen LogP contribution is 2.41. The molecular weight excluding hydrogens is 261 g/mol. The lowest BCUT2D eigenvalue weighted by molar-refractivity contribution is -0.292. The van der Waals surface area contributed by atoms with Crippen molar-refractivity contribution >= 4 is 5.97 Å². The van der Waals surface area contributed by atoms with Crippen molar-refractivity contribution in [3.63, 3.8) is 0 Å². The van der Waals surface area contributed by atoms with Crippen LogP contribution in [0.25, 0.3) is 0 Å². The first-order valence-electron chi connectivity index (χ1n) is 6.32. The van der Waals surface area contributed by atoms with Crippen molar-refractivity contribution < 1.29 is 27.8 Å². The summed E-state index contributed by atoms with van der Waals surface area (Å²) in [5.74, 6) is -1.42. The third-order valence-corrected chi connectivity index (χ3v) is 3.62. The highest BCUT2D eigenvalue weighted by molar-refractivity contribution is 5.81. The summed E-state index contributed by atoms with van der Waals surface area (Å²) in [6.45, 7) is 3.82. The third-order valence-electron chi connectivity index (χ3n) is 3.62. The molecule has 1 N–H and O–H groups in total. The zero-order valence-corrected chi connectivity index (χ0v) is 10.9. The van der Waals surface area contributed by atoms with Crippen LogP contribution in [0.2, 0.25) is 0 Å². The van der Waals surface area contributed by atoms with Crippen LogP contribution in [-0.4, -0.2) is 29.0 Å². The van der Waals surface area contributed by atoms with E-state index in [9.17, 15) is 23.1 Å². The predicted octanol–water partition coefficient (Wildman–Crippen LogP) is 2.98. The number of aliphatic hydroxyl groups is 1. The first-order chi connectivity index (χ1) is 8.70. The molecule has 0 aromatic rings. The fourth-order valence-corrected chi connectivity index (χ4v) is 2.44. The quantitative estimate of drug-likeness (QED) is 0.636. The van der Waals surface area contributed by atoms with Gasteiger partial charge in [-0.3, -0.25) is 0 Å². The molecule has 2 unspecified atom stereocenters. The molecule has 3 nitrogen and oxygen atoms in total. The lowest BCUT2D eigenvalue weighted by atomic mass is 9.78. The van der Waals surface area contributed by atoms with Gasteiger partial charge in [-0.1, -0.05) is 25.8 Å². The molecule has 0 aromatic heterocycles. The second-order valence-corrected chi connectivity index (χ2v) is 5.10. The van der Waals surface area contributed by atoms with Crippen molar-refractivity contribution in [3.8, 4) is 0 Å². The number of hydrogen-bond donors (Lipinski definition) is 1. The molecule has 0 heterocycles. The van der Waals surface area contributed by atoms with Gasteiger partial charge in [0.1, 0.15) is 6.10 Å². The summed E-state index contributed by atoms with van der Waals surface area (Å²) in [5.41, 5.74) is -3.05. The summed E-state index contributed by atoms with van der Waals surface area (Å²) in [6, 6.07) is 0. The first kappa shape index (κ1) is 16.0. The van der Waals surface area contributed by atoms with Crippen LogP contribution in [0.5, 0.6) is 0 Å². The van der Waals surface area contributed by atoms with Crippen LogP contribution in [0.1, 0.15) is 39.0 Å². The Labute approximate surface area is 110 Å². The number of hydrogen-bond acceptors (Lipinski definition) is 3. The number of carbonyl (C=O) groups excluding carboxylic acids is 1. The van der Waals surface area contributed by atoms with Crippen LogP contribution in [0.3, 0.4) is 0 Å². The highest BCUT2D eigenvalue weighted by Gasteiger charge is 2.58. The standard InChI is InChI=1S/C13H19F3O3/c1-3-10(17)19-11(9-7-5-4-6-8-9)12(2,18)13(14,15)16/h3,9,11,18H,1,4-8H2,2H3. The normalized spacial score (nSPS) is 22.4. The molecule has 1 rings (SSSR count). The summed E-state index contributed by atoms with van der Waals surface area (Å²) >= 11 is 0. The largest absolute Gasteiger partial charge is 0.455 e. The molecule has 0 radical (unpaired) electrons. The molecule has 6 heteroatoms. The van der Waals surface area contributed by atoms with Gasteiger partial charge in [0.15, 0.2) is 5.60 Å². The van der Waals surface area contributed by atoms with E-state index in [0.717, 1.165) is 25.3 Å². The van der Waals surface area contributed by atoms with Crippen molar-refractivity contribution in [3.05, 3.63) is 12.7 Å². The maximum absolute atomic E-state index is 12.9. The summed E-state index contributed by atoms with van der Waals surface area (Å²) in [6.07, 6.45) is -2.09. The number of esters is 1. The molecule has 0 spiro atoms. The number of carbonyl (C=O) groups is 1. The summed E-state index contributed by atoms with van der Waals surface area (Å²) in [7, 11) is 0. The zero-order valence-electron chi connectivity index (χ0n) is 10.9. The SMILES string of the molecule is C=CC(=O)OC(C1CCCCC1)C(C)(O)C(F)(F)F. The molecule has 19 heavy (non-hydrogen) atoms. The molecule has 0 aromatic carbocycles. The maximum atomic E-state index is 12.9. The van der Waals surface area contributed by atoms with Crippen LogP contribution in [0.4, 0.5) is 13.2 Å². The summed E-state index contributed by atoms with van der Waals surface area (Å²) in [4.78, 5) is 11.2. The van der Waals surface area contributed by atoms with E-state index in [1.165, 1.54) is 0 Å². The fourth-order valence-electron chi connectivity index (χ4n) is 2.44. The molecule has 1 fully saturated rings. The average molecular weight is 280 g/mol. The van der Waals surface area contributed by atoms with E-state index in [4.69, 9.17) is 4.74 Å². The molecule has 0 aliphatic heterocycles. The molecule has 0 saturated heterocycles. The van der Waals surface area contributed by atoms with E-state index in [1.807, 2.05) is 0 Å². The van der Waals surface area contributed by atoms with Gasteiger partial charge in [0.25, 0.3) is 0 Å². The highest BCUT2D eigenvalue weighted by atomic mass is 19.4. The molecule has 110 valence electrons. The third kappa shape index (κ3) is 3.72. The monoisotopic (exact) mass is 280 g/mol. The van der Waals surface area contributed by atoms with Gasteiger partial charge in [-0.05, 0) is 25.7 Å². The van der Waals surface area contributed by atoms with Crippen molar-refractivity contribution in [2.45, 2.75) is 56.9 Å². The molecule has 1 aliphatic carbocycles. The first-order valence-corrected chi connectivity index (χ1v) is 6.32. The molecule has 0 amide bonds. The van der Waals surface area contributed by atoms with E-state index in [2.05, 4.69) is 6.58 Å². The Kier molecular flexibility index (Phi) is 5.01. The van der Waals surface area contributed by atoms with Crippen molar-refractivity contribution in [1.29, 1.82) is 0 Å². The molecule has 0 bridgehead atoms. The minimum absolute atomic E-state index is 0.478. The Morgan fingerprint density at radius 1 is 1.37 bits per heavy atom. The maximum Gasteiger partial charge on any atom is 0.420 e. The van der Waals surface area contributed by atoms with E-state index in [0.29, 0.717) is 19.8 Å². The smallest absolute Gasteiger partial charge is 0.420 e. The van der Waals surface area contributed by atoms with Gasteiger partial charge in [0.05, 0.1) is 0 Å². The van der Waals surface area contributed by atoms with Crippen molar-refractivity contribution in [2.24, 2.45) is 5.92 Å². The minimum Gasteiger partial charge on any atom is -0.455 e. The van der Waals surface area contributed by atoms with Gasteiger partial charge in [-0.15, -0.1) is 0 Å². The van der Waals surface area contributed by atoms with Gasteiger partial charge in [0, 0.05) is 6.08 Å². The topological polar surface area (TPSA) is 46.5 Å². The Hall–Kier alpha value is -1.04. The summed E-state index contributed by atoms with van der Waals surface area (Å²) < 4.78 is 43.6. The number of alkyl halides is 3. The molecule has 1 aliphatic rings. The van der Waals surface area contributed by atoms with E-state index in [-0.39, 0.29) is 0 Å². The van der Waals surface area contributed by atoms with Crippen molar-refractivity contribution in [1.82, 2.24) is 0 Å². The zero-order chi connectivity index (χ0) is 14.7. The second-order valence-electron chi connectivity index (χ2n) is 5.10. The lowest BCUT2D eigenvalue weighted by Gasteiger charge is -2.39. The Morgan fingerprint density at radius 3 is 2.32 bits per heavy atom. The van der Waals surface area contributed by atoms with Gasteiger partial charge >= 0.3 is 12.1 Å². The van der Waals surface area contributed by atoms with E-state index < -0.39 is 29.8 Å². The van der Waals surface area contributed by atoms with Gasteiger partial charge in [-0.2, -0.15) is 13.2 Å². The van der Waals surface area contributed by atoms with E-state index in [1.54, 1.807) is 0 Å². The molecular formula is C13H19F3O3. The number of rotatable bonds is 4. The van der Waals surface area contributed by atoms with Gasteiger partial charge in [-0.25, -0.2) is 4.79 Å². The molecule has 2 atom stereocenters. The van der Waals surface area contributed by atoms with Crippen LogP contribution >= 0.6 is 0 Å². The fraction of sp³-hybridized carbons (Fsp3) is 0.769. The van der Waals surface area contributed by atoms with Crippen LogP contribution in [0, 0.1) is 5.92 Å². The van der Waals surface area contributed by atoms with Crippen LogP contribution in [0.15, 0.2) is 12.7 Å². The average Bonchev–Trinajstić information content (AvgIpc) is 2.35. The van der Waals surface area contributed by atoms with Gasteiger partial charge < -0.3 is 9.84 Å². The van der Waals surface area contributed by atoms with Gasteiger partial charge in [0.2, 0.25) is 0 Å². The Balaban J connectivity index is 2.96. The van der Waals surface area contributed by atoms with E-state index >= 15 is 0 Å². The Bertz CT molecular complexity index is 331. The van der Waals surface area contributed by atoms with Crippen molar-refractivity contribution in [2.75, 3.05) is 0 Å². The minimum atomic E-state index is -4.85.